The molecular weight excluding hydrogens is 413 g/mol. The van der Waals surface area contributed by atoms with Gasteiger partial charge in [0.1, 0.15) is 0 Å². The minimum absolute atomic E-state index is 0. The molecule has 6 heteroatoms. The van der Waals surface area contributed by atoms with Crippen LogP contribution in [0.2, 0.25) is 0 Å². The van der Waals surface area contributed by atoms with Crippen molar-refractivity contribution < 1.29 is 0 Å². The first-order valence-electron chi connectivity index (χ1n) is 9.13. The molecule has 2 aliphatic carbocycles. The minimum Gasteiger partial charge on any atom is -0.356 e. The molecule has 3 rings (SSSR count). The summed E-state index contributed by atoms with van der Waals surface area (Å²) >= 11 is 0. The molecule has 0 spiro atoms. The van der Waals surface area contributed by atoms with Crippen LogP contribution < -0.4 is 10.6 Å². The molecule has 2 N–H and O–H groups in total. The van der Waals surface area contributed by atoms with Crippen molar-refractivity contribution in [1.82, 2.24) is 20.4 Å². The number of nitrogens with zero attached hydrogens (tertiary/aromatic N) is 3. The molecule has 0 aromatic carbocycles. The van der Waals surface area contributed by atoms with Crippen molar-refractivity contribution >= 4 is 29.9 Å². The SMILES string of the molecule is CN=C(NCCCn1nc(C)cc1C)NCC(C1CC1)C1CC1.I. The predicted octanol–water partition coefficient (Wildman–Crippen LogP) is 3.11. The Balaban J connectivity index is 0.00000208. The molecule has 2 fully saturated rings. The zero-order valence-electron chi connectivity index (χ0n) is 15.2. The van der Waals surface area contributed by atoms with Crippen LogP contribution in [-0.2, 0) is 6.54 Å². The molecule has 1 heterocycles. The van der Waals surface area contributed by atoms with E-state index in [2.05, 4.69) is 38.4 Å². The number of rotatable bonds is 8. The van der Waals surface area contributed by atoms with Crippen molar-refractivity contribution in [3.05, 3.63) is 17.5 Å². The highest BCUT2D eigenvalue weighted by Crippen LogP contribution is 2.48. The van der Waals surface area contributed by atoms with Crippen molar-refractivity contribution in [3.63, 3.8) is 0 Å². The van der Waals surface area contributed by atoms with Crippen molar-refractivity contribution in [1.29, 1.82) is 0 Å². The lowest BCUT2D eigenvalue weighted by Gasteiger charge is -2.18. The molecule has 1 aromatic rings. The number of guanidine groups is 1. The Labute approximate surface area is 163 Å². The molecule has 2 saturated carbocycles. The van der Waals surface area contributed by atoms with E-state index in [0.29, 0.717) is 0 Å². The van der Waals surface area contributed by atoms with Crippen LogP contribution in [0.25, 0.3) is 0 Å². The summed E-state index contributed by atoms with van der Waals surface area (Å²) in [5.74, 6) is 3.80. The summed E-state index contributed by atoms with van der Waals surface area (Å²) in [7, 11) is 1.86. The van der Waals surface area contributed by atoms with Crippen molar-refractivity contribution in [2.24, 2.45) is 22.7 Å². The molecule has 0 radical (unpaired) electrons. The maximum Gasteiger partial charge on any atom is 0.190 e. The van der Waals surface area contributed by atoms with Gasteiger partial charge < -0.3 is 10.6 Å². The molecule has 5 nitrogen and oxygen atoms in total. The van der Waals surface area contributed by atoms with Gasteiger partial charge in [0.05, 0.1) is 5.69 Å². The van der Waals surface area contributed by atoms with E-state index in [1.807, 2.05) is 14.0 Å². The second-order valence-electron chi connectivity index (χ2n) is 7.22. The van der Waals surface area contributed by atoms with Crippen LogP contribution in [0, 0.1) is 31.6 Å². The topological polar surface area (TPSA) is 54.2 Å². The van der Waals surface area contributed by atoms with Gasteiger partial charge in [-0.25, -0.2) is 0 Å². The molecule has 0 aliphatic heterocycles. The van der Waals surface area contributed by atoms with Crippen molar-refractivity contribution in [3.8, 4) is 0 Å². The van der Waals surface area contributed by atoms with Crippen LogP contribution in [0.4, 0.5) is 0 Å². The fraction of sp³-hybridized carbons (Fsp3) is 0.778. The Morgan fingerprint density at radius 2 is 1.92 bits per heavy atom. The number of halogens is 1. The summed E-state index contributed by atoms with van der Waals surface area (Å²) in [6.45, 7) is 7.13. The Bertz CT molecular complexity index is 534. The van der Waals surface area contributed by atoms with Gasteiger partial charge in [-0.1, -0.05) is 0 Å². The average molecular weight is 445 g/mol. The van der Waals surface area contributed by atoms with Gasteiger partial charge in [-0.2, -0.15) is 5.10 Å². The molecule has 1 aromatic heterocycles. The second-order valence-corrected chi connectivity index (χ2v) is 7.22. The molecule has 24 heavy (non-hydrogen) atoms. The van der Waals surface area contributed by atoms with Crippen LogP contribution >= 0.6 is 24.0 Å². The van der Waals surface area contributed by atoms with Gasteiger partial charge in [-0.3, -0.25) is 9.67 Å². The van der Waals surface area contributed by atoms with E-state index in [4.69, 9.17) is 0 Å². The Kier molecular flexibility index (Phi) is 7.37. The van der Waals surface area contributed by atoms with Crippen LogP contribution in [0.1, 0.15) is 43.5 Å². The standard InChI is InChI=1S/C18H31N5.HI/c1-13-11-14(2)23(22-13)10-4-9-20-18(19-3)21-12-17(15-5-6-15)16-7-8-16;/h11,15-17H,4-10,12H2,1-3H3,(H2,19,20,21);1H. The molecular formula is C18H32IN5. The van der Waals surface area contributed by atoms with Crippen molar-refractivity contribution in [2.45, 2.75) is 52.5 Å². The molecule has 0 unspecified atom stereocenters. The van der Waals surface area contributed by atoms with Crippen LogP contribution in [-0.4, -0.2) is 35.9 Å². The molecule has 0 bridgehead atoms. The van der Waals surface area contributed by atoms with Gasteiger partial charge in [0.2, 0.25) is 0 Å². The number of hydrogen-bond acceptors (Lipinski definition) is 2. The smallest absolute Gasteiger partial charge is 0.190 e. The van der Waals surface area contributed by atoms with Crippen LogP contribution in [0.3, 0.4) is 0 Å². The molecule has 2 aliphatic rings. The van der Waals surface area contributed by atoms with Crippen molar-refractivity contribution in [2.75, 3.05) is 20.1 Å². The highest BCUT2D eigenvalue weighted by atomic mass is 127. The fourth-order valence-corrected chi connectivity index (χ4v) is 3.54. The minimum atomic E-state index is 0. The lowest BCUT2D eigenvalue weighted by molar-refractivity contribution is 0.400. The molecule has 0 amide bonds. The van der Waals surface area contributed by atoms with Gasteiger partial charge in [0, 0.05) is 32.4 Å². The van der Waals surface area contributed by atoms with E-state index in [0.717, 1.165) is 55.5 Å². The zero-order valence-corrected chi connectivity index (χ0v) is 17.5. The van der Waals surface area contributed by atoms with Gasteiger partial charge in [0.25, 0.3) is 0 Å². The summed E-state index contributed by atoms with van der Waals surface area (Å²) < 4.78 is 2.09. The van der Waals surface area contributed by atoms with Crippen LogP contribution in [0.15, 0.2) is 11.1 Å². The molecule has 0 atom stereocenters. The third-order valence-electron chi connectivity index (χ3n) is 5.13. The lowest BCUT2D eigenvalue weighted by atomic mass is 9.98. The summed E-state index contributed by atoms with van der Waals surface area (Å²) in [5, 5.41) is 11.5. The quantitative estimate of drug-likeness (QED) is 0.280. The summed E-state index contributed by atoms with van der Waals surface area (Å²) in [5.41, 5.74) is 2.33. The van der Waals surface area contributed by atoms with E-state index in [9.17, 15) is 0 Å². The maximum atomic E-state index is 4.50. The summed E-state index contributed by atoms with van der Waals surface area (Å²) in [6, 6.07) is 2.13. The normalized spacial score (nSPS) is 17.8. The van der Waals surface area contributed by atoms with E-state index in [1.54, 1.807) is 0 Å². The van der Waals surface area contributed by atoms with E-state index in [1.165, 1.54) is 31.4 Å². The number of aromatic nitrogens is 2. The van der Waals surface area contributed by atoms with Gasteiger partial charge in [-0.05, 0) is 69.8 Å². The van der Waals surface area contributed by atoms with E-state index < -0.39 is 0 Å². The highest BCUT2D eigenvalue weighted by Gasteiger charge is 2.41. The van der Waals surface area contributed by atoms with Crippen LogP contribution in [0.5, 0.6) is 0 Å². The first kappa shape index (κ1) is 19.5. The third kappa shape index (κ3) is 5.63. The fourth-order valence-electron chi connectivity index (χ4n) is 3.54. The first-order chi connectivity index (χ1) is 11.2. The first-order valence-corrected chi connectivity index (χ1v) is 9.13. The monoisotopic (exact) mass is 445 g/mol. The number of hydrogen-bond donors (Lipinski definition) is 2. The Morgan fingerprint density at radius 3 is 2.42 bits per heavy atom. The van der Waals surface area contributed by atoms with Gasteiger partial charge >= 0.3 is 0 Å². The Hall–Kier alpha value is -0.790. The number of aliphatic imine (C=N–C) groups is 1. The molecule has 136 valence electrons. The maximum absolute atomic E-state index is 4.50. The number of nitrogens with one attached hydrogen (secondary N) is 2. The average Bonchev–Trinajstić information content (AvgIpc) is 3.42. The van der Waals surface area contributed by atoms with Gasteiger partial charge in [0.15, 0.2) is 5.96 Å². The predicted molar refractivity (Wildman–Crippen MR) is 110 cm³/mol. The Morgan fingerprint density at radius 1 is 1.25 bits per heavy atom. The summed E-state index contributed by atoms with van der Waals surface area (Å²) in [4.78, 5) is 4.36. The summed E-state index contributed by atoms with van der Waals surface area (Å²) in [6.07, 6.45) is 6.82. The zero-order chi connectivity index (χ0) is 16.2. The third-order valence-corrected chi connectivity index (χ3v) is 5.13. The van der Waals surface area contributed by atoms with E-state index >= 15 is 0 Å². The second kappa shape index (κ2) is 9.06. The van der Waals surface area contributed by atoms with Gasteiger partial charge in [-0.15, -0.1) is 24.0 Å². The molecule has 0 saturated heterocycles. The number of aryl methyl sites for hydroxylation is 3. The van der Waals surface area contributed by atoms with E-state index in [-0.39, 0.29) is 24.0 Å². The highest BCUT2D eigenvalue weighted by molar-refractivity contribution is 14.0. The largest absolute Gasteiger partial charge is 0.356 e. The lowest BCUT2D eigenvalue weighted by Crippen LogP contribution is -2.41.